The van der Waals surface area contributed by atoms with E-state index in [4.69, 9.17) is 5.73 Å². The van der Waals surface area contributed by atoms with Crippen molar-refractivity contribution in [2.45, 2.75) is 42.8 Å². The van der Waals surface area contributed by atoms with E-state index in [-0.39, 0.29) is 0 Å². The molecule has 2 N–H and O–H groups in total. The first-order valence-electron chi connectivity index (χ1n) is 5.62. The fourth-order valence-electron chi connectivity index (χ4n) is 2.17. The Morgan fingerprint density at radius 1 is 1.47 bits per heavy atom. The first-order chi connectivity index (χ1) is 7.25. The van der Waals surface area contributed by atoms with Crippen LogP contribution in [0.4, 0.5) is 5.69 Å². The number of aromatic nitrogens is 1. The number of hydrogen-bond acceptors (Lipinski definition) is 3. The van der Waals surface area contributed by atoms with E-state index in [0.717, 1.165) is 16.9 Å². The van der Waals surface area contributed by atoms with Crippen LogP contribution in [0.25, 0.3) is 0 Å². The average Bonchev–Trinajstić information content (AvgIpc) is 2.22. The molecule has 1 aliphatic rings. The van der Waals surface area contributed by atoms with Gasteiger partial charge in [-0.25, -0.2) is 0 Å². The third-order valence-electron chi connectivity index (χ3n) is 2.99. The zero-order chi connectivity index (χ0) is 10.7. The van der Waals surface area contributed by atoms with Crippen LogP contribution in [0.2, 0.25) is 0 Å². The van der Waals surface area contributed by atoms with Crippen LogP contribution in [0.15, 0.2) is 23.4 Å². The van der Waals surface area contributed by atoms with Gasteiger partial charge in [0.25, 0.3) is 0 Å². The summed E-state index contributed by atoms with van der Waals surface area (Å²) in [6, 6.07) is 2.03. The molecule has 2 nitrogen and oxygen atoms in total. The average molecular weight is 222 g/mol. The number of nitrogens with two attached hydrogens (primary N) is 1. The van der Waals surface area contributed by atoms with Crippen molar-refractivity contribution in [3.63, 3.8) is 0 Å². The smallest absolute Gasteiger partial charge is 0.0638 e. The fourth-order valence-corrected chi connectivity index (χ4v) is 3.56. The van der Waals surface area contributed by atoms with Crippen molar-refractivity contribution in [2.24, 2.45) is 5.92 Å². The molecule has 0 aromatic carbocycles. The van der Waals surface area contributed by atoms with Crippen molar-refractivity contribution in [1.82, 2.24) is 4.98 Å². The predicted molar refractivity (Wildman–Crippen MR) is 65.9 cm³/mol. The van der Waals surface area contributed by atoms with Crippen LogP contribution in [-0.4, -0.2) is 10.2 Å². The van der Waals surface area contributed by atoms with Gasteiger partial charge in [0.1, 0.15) is 0 Å². The predicted octanol–water partition coefficient (Wildman–Crippen LogP) is 3.33. The Hall–Kier alpha value is -0.700. The Balaban J connectivity index is 1.99. The Morgan fingerprint density at radius 3 is 3.07 bits per heavy atom. The standard InChI is InChI=1S/C12H18N2S/c1-9-3-2-4-10(7-9)15-12-5-6-14-8-11(12)13/h5-6,8-10H,2-4,7,13H2,1H3. The molecule has 1 aliphatic carbocycles. The fraction of sp³-hybridized carbons (Fsp3) is 0.583. The summed E-state index contributed by atoms with van der Waals surface area (Å²) in [5.74, 6) is 0.874. The zero-order valence-corrected chi connectivity index (χ0v) is 9.96. The highest BCUT2D eigenvalue weighted by molar-refractivity contribution is 8.00. The summed E-state index contributed by atoms with van der Waals surface area (Å²) in [6.07, 6.45) is 8.98. The molecule has 1 saturated carbocycles. The highest BCUT2D eigenvalue weighted by Crippen LogP contribution is 2.37. The lowest BCUT2D eigenvalue weighted by molar-refractivity contribution is 0.394. The second-order valence-corrected chi connectivity index (χ2v) is 5.77. The third-order valence-corrected chi connectivity index (χ3v) is 4.38. The van der Waals surface area contributed by atoms with Gasteiger partial charge in [0, 0.05) is 16.3 Å². The third kappa shape index (κ3) is 2.88. The van der Waals surface area contributed by atoms with Crippen molar-refractivity contribution < 1.29 is 0 Å². The van der Waals surface area contributed by atoms with Crippen LogP contribution >= 0.6 is 11.8 Å². The quantitative estimate of drug-likeness (QED) is 0.834. The molecule has 3 heteroatoms. The highest BCUT2D eigenvalue weighted by atomic mass is 32.2. The van der Waals surface area contributed by atoms with Gasteiger partial charge < -0.3 is 5.73 Å². The molecule has 0 amide bonds. The van der Waals surface area contributed by atoms with E-state index in [1.54, 1.807) is 6.20 Å². The first kappa shape index (κ1) is 10.8. The number of anilines is 1. The summed E-state index contributed by atoms with van der Waals surface area (Å²) in [5.41, 5.74) is 6.71. The maximum absolute atomic E-state index is 5.89. The minimum atomic E-state index is 0.749. The van der Waals surface area contributed by atoms with E-state index in [0.29, 0.717) is 0 Å². The largest absolute Gasteiger partial charge is 0.397 e. The van der Waals surface area contributed by atoms with E-state index < -0.39 is 0 Å². The first-order valence-corrected chi connectivity index (χ1v) is 6.50. The molecule has 1 fully saturated rings. The van der Waals surface area contributed by atoms with Crippen LogP contribution in [0.5, 0.6) is 0 Å². The molecule has 0 radical (unpaired) electrons. The minimum absolute atomic E-state index is 0.749. The summed E-state index contributed by atoms with van der Waals surface area (Å²) in [4.78, 5) is 5.21. The Kier molecular flexibility index (Phi) is 3.52. The lowest BCUT2D eigenvalue weighted by atomic mass is 9.91. The van der Waals surface area contributed by atoms with Gasteiger partial charge in [0.15, 0.2) is 0 Å². The number of pyridine rings is 1. The number of nitrogen functional groups attached to an aromatic ring is 1. The van der Waals surface area contributed by atoms with Gasteiger partial charge in [0.05, 0.1) is 11.9 Å². The molecular formula is C12H18N2S. The van der Waals surface area contributed by atoms with Gasteiger partial charge >= 0.3 is 0 Å². The van der Waals surface area contributed by atoms with Gasteiger partial charge in [-0.3, -0.25) is 4.98 Å². The van der Waals surface area contributed by atoms with E-state index in [9.17, 15) is 0 Å². The van der Waals surface area contributed by atoms with Crippen molar-refractivity contribution in [3.05, 3.63) is 18.5 Å². The Labute approximate surface area is 95.7 Å². The summed E-state index contributed by atoms with van der Waals surface area (Å²) in [5, 5.41) is 0.749. The summed E-state index contributed by atoms with van der Waals surface area (Å²) in [7, 11) is 0. The Morgan fingerprint density at radius 2 is 2.33 bits per heavy atom. The van der Waals surface area contributed by atoms with Crippen LogP contribution in [0, 0.1) is 5.92 Å². The van der Waals surface area contributed by atoms with Crippen molar-refractivity contribution in [3.8, 4) is 0 Å². The molecule has 2 rings (SSSR count). The van der Waals surface area contributed by atoms with Gasteiger partial charge in [0.2, 0.25) is 0 Å². The second-order valence-electron chi connectivity index (χ2n) is 4.43. The topological polar surface area (TPSA) is 38.9 Å². The lowest BCUT2D eigenvalue weighted by Gasteiger charge is -2.26. The minimum Gasteiger partial charge on any atom is -0.397 e. The summed E-state index contributed by atoms with van der Waals surface area (Å²) < 4.78 is 0. The molecule has 0 bridgehead atoms. The number of rotatable bonds is 2. The van der Waals surface area contributed by atoms with Gasteiger partial charge in [-0.15, -0.1) is 11.8 Å². The van der Waals surface area contributed by atoms with Crippen molar-refractivity contribution in [1.29, 1.82) is 0 Å². The number of hydrogen-bond donors (Lipinski definition) is 1. The van der Waals surface area contributed by atoms with E-state index >= 15 is 0 Å². The molecule has 0 saturated heterocycles. The molecule has 0 aliphatic heterocycles. The van der Waals surface area contributed by atoms with E-state index in [1.165, 1.54) is 30.6 Å². The maximum atomic E-state index is 5.89. The van der Waals surface area contributed by atoms with Crippen LogP contribution in [-0.2, 0) is 0 Å². The highest BCUT2D eigenvalue weighted by Gasteiger charge is 2.20. The Bertz CT molecular complexity index is 327. The van der Waals surface area contributed by atoms with Gasteiger partial charge in [-0.2, -0.15) is 0 Å². The molecule has 82 valence electrons. The SMILES string of the molecule is CC1CCCC(Sc2ccncc2N)C1. The molecule has 1 aromatic heterocycles. The van der Waals surface area contributed by atoms with Crippen molar-refractivity contribution >= 4 is 17.4 Å². The van der Waals surface area contributed by atoms with Crippen LogP contribution < -0.4 is 5.73 Å². The summed E-state index contributed by atoms with van der Waals surface area (Å²) in [6.45, 7) is 2.35. The van der Waals surface area contributed by atoms with Gasteiger partial charge in [-0.1, -0.05) is 19.8 Å². The lowest BCUT2D eigenvalue weighted by Crippen LogP contribution is -2.15. The molecular weight excluding hydrogens is 204 g/mol. The normalized spacial score (nSPS) is 26.5. The molecule has 0 spiro atoms. The number of nitrogens with zero attached hydrogens (tertiary/aromatic N) is 1. The maximum Gasteiger partial charge on any atom is 0.0638 e. The molecule has 1 aromatic rings. The van der Waals surface area contributed by atoms with E-state index in [1.807, 2.05) is 24.0 Å². The van der Waals surface area contributed by atoms with Crippen LogP contribution in [0.1, 0.15) is 32.6 Å². The molecule has 15 heavy (non-hydrogen) atoms. The number of thioether (sulfide) groups is 1. The molecule has 2 atom stereocenters. The van der Waals surface area contributed by atoms with Gasteiger partial charge in [-0.05, 0) is 24.8 Å². The summed E-state index contributed by atoms with van der Waals surface area (Å²) >= 11 is 1.93. The monoisotopic (exact) mass is 222 g/mol. The molecule has 1 heterocycles. The zero-order valence-electron chi connectivity index (χ0n) is 9.15. The van der Waals surface area contributed by atoms with Crippen LogP contribution in [0.3, 0.4) is 0 Å². The second kappa shape index (κ2) is 4.88. The van der Waals surface area contributed by atoms with E-state index in [2.05, 4.69) is 11.9 Å². The van der Waals surface area contributed by atoms with Crippen molar-refractivity contribution in [2.75, 3.05) is 5.73 Å². The molecule has 2 unspecified atom stereocenters.